The second-order valence-electron chi connectivity index (χ2n) is 7.56. The number of alkyl halides is 3. The Bertz CT molecular complexity index is 918. The number of likely N-dealkylation sites (tertiary alicyclic amines) is 1. The molecule has 2 unspecified atom stereocenters. The number of rotatable bonds is 4. The van der Waals surface area contributed by atoms with Gasteiger partial charge in [0, 0.05) is 19.6 Å². The van der Waals surface area contributed by atoms with Crippen LogP contribution in [0.25, 0.3) is 0 Å². The Balaban J connectivity index is 1.68. The number of aliphatic hydroxyl groups is 2. The monoisotopic (exact) mass is 486 g/mol. The number of hydrogen-bond acceptors (Lipinski definition) is 7. The highest BCUT2D eigenvalue weighted by Crippen LogP contribution is 2.35. The molecule has 2 N–H and O–H groups in total. The molecule has 2 heterocycles. The molecular formula is C18H22F4N2O7S. The van der Waals surface area contributed by atoms with Crippen LogP contribution in [0.3, 0.4) is 0 Å². The van der Waals surface area contributed by atoms with Gasteiger partial charge in [0.25, 0.3) is 0 Å². The minimum atomic E-state index is -4.92. The summed E-state index contributed by atoms with van der Waals surface area (Å²) in [6.45, 7) is -2.21. The van der Waals surface area contributed by atoms with Crippen LogP contribution >= 0.6 is 0 Å². The van der Waals surface area contributed by atoms with E-state index in [0.717, 1.165) is 33.5 Å². The number of halogens is 4. The summed E-state index contributed by atoms with van der Waals surface area (Å²) in [6, 6.07) is 4.08. The molecule has 180 valence electrons. The molecule has 2 fully saturated rings. The molecule has 2 aliphatic rings. The van der Waals surface area contributed by atoms with Crippen molar-refractivity contribution in [2.45, 2.75) is 41.8 Å². The highest BCUT2D eigenvalue weighted by Gasteiger charge is 2.48. The molecule has 2 atom stereocenters. The quantitative estimate of drug-likeness (QED) is 0.612. The Morgan fingerprint density at radius 3 is 2.38 bits per heavy atom. The maximum atomic E-state index is 13.2. The largest absolute Gasteiger partial charge is 0.434 e. The van der Waals surface area contributed by atoms with E-state index in [-0.39, 0.29) is 44.0 Å². The summed E-state index contributed by atoms with van der Waals surface area (Å²) in [4.78, 5) is 12.8. The molecule has 0 aliphatic carbocycles. The second kappa shape index (κ2) is 9.09. The Kier molecular flexibility index (Phi) is 7.00. The van der Waals surface area contributed by atoms with E-state index < -0.39 is 52.6 Å². The van der Waals surface area contributed by atoms with Crippen LogP contribution in [0.5, 0.6) is 0 Å². The molecule has 0 saturated carbocycles. The van der Waals surface area contributed by atoms with Gasteiger partial charge in [-0.15, -0.1) is 0 Å². The van der Waals surface area contributed by atoms with Crippen molar-refractivity contribution in [3.8, 4) is 0 Å². The predicted molar refractivity (Wildman–Crippen MR) is 99.2 cm³/mol. The number of amides is 1. The van der Waals surface area contributed by atoms with Crippen molar-refractivity contribution in [1.29, 1.82) is 0 Å². The highest BCUT2D eigenvalue weighted by molar-refractivity contribution is 7.89. The van der Waals surface area contributed by atoms with Crippen molar-refractivity contribution >= 4 is 16.1 Å². The normalized spacial score (nSPS) is 23.2. The first-order chi connectivity index (χ1) is 14.9. The summed E-state index contributed by atoms with van der Waals surface area (Å²) < 4.78 is 87.9. The van der Waals surface area contributed by atoms with Gasteiger partial charge in [-0.2, -0.15) is 17.5 Å². The molecule has 1 spiro atoms. The maximum Gasteiger partial charge on any atom is 0.427 e. The molecule has 0 bridgehead atoms. The first-order valence-corrected chi connectivity index (χ1v) is 11.0. The van der Waals surface area contributed by atoms with Crippen molar-refractivity contribution in [2.24, 2.45) is 0 Å². The number of carbonyl (C=O) groups excluding carboxylic acids is 1. The van der Waals surface area contributed by atoms with E-state index in [0.29, 0.717) is 0 Å². The number of ether oxygens (including phenoxy) is 2. The molecule has 0 aromatic heterocycles. The third kappa shape index (κ3) is 5.14. The average molecular weight is 486 g/mol. The third-order valence-corrected chi connectivity index (χ3v) is 7.30. The van der Waals surface area contributed by atoms with Crippen molar-refractivity contribution in [3.05, 3.63) is 30.1 Å². The molecule has 14 heteroatoms. The van der Waals surface area contributed by atoms with Crippen LogP contribution in [-0.2, 0) is 19.5 Å². The van der Waals surface area contributed by atoms with Gasteiger partial charge in [-0.3, -0.25) is 0 Å². The molecule has 1 aromatic rings. The zero-order chi connectivity index (χ0) is 23.7. The van der Waals surface area contributed by atoms with Crippen LogP contribution in [-0.4, -0.2) is 90.9 Å². The lowest BCUT2D eigenvalue weighted by Gasteiger charge is -2.48. The van der Waals surface area contributed by atoms with Gasteiger partial charge in [0.1, 0.15) is 12.0 Å². The van der Waals surface area contributed by atoms with Crippen LogP contribution in [0.15, 0.2) is 29.2 Å². The van der Waals surface area contributed by atoms with E-state index in [1.54, 1.807) is 0 Å². The Hall–Kier alpha value is -2.00. The van der Waals surface area contributed by atoms with E-state index in [1.165, 1.54) is 0 Å². The molecule has 9 nitrogen and oxygen atoms in total. The van der Waals surface area contributed by atoms with Crippen molar-refractivity contribution < 1.29 is 50.5 Å². The zero-order valence-electron chi connectivity index (χ0n) is 16.7. The predicted octanol–water partition coefficient (Wildman–Crippen LogP) is 1.06. The number of nitrogens with zero attached hydrogens (tertiary/aromatic N) is 2. The number of aliphatic hydroxyl groups excluding tert-OH is 2. The van der Waals surface area contributed by atoms with Gasteiger partial charge in [0.15, 0.2) is 0 Å². The van der Waals surface area contributed by atoms with E-state index in [4.69, 9.17) is 9.84 Å². The summed E-state index contributed by atoms with van der Waals surface area (Å²) in [5.74, 6) is -0.629. The maximum absolute atomic E-state index is 13.2. The summed E-state index contributed by atoms with van der Waals surface area (Å²) >= 11 is 0. The molecule has 0 radical (unpaired) electrons. The van der Waals surface area contributed by atoms with E-state index in [1.807, 2.05) is 0 Å². The minimum absolute atomic E-state index is 0.0695. The van der Waals surface area contributed by atoms with Gasteiger partial charge in [-0.05, 0) is 37.1 Å². The number of sulfonamides is 1. The van der Waals surface area contributed by atoms with Gasteiger partial charge < -0.3 is 24.6 Å². The number of piperidine rings is 1. The summed E-state index contributed by atoms with van der Waals surface area (Å²) in [5, 5.41) is 19.0. The number of hydrogen-bond donors (Lipinski definition) is 2. The zero-order valence-corrected chi connectivity index (χ0v) is 17.5. The molecule has 1 amide bonds. The average Bonchev–Trinajstić information content (AvgIpc) is 2.73. The van der Waals surface area contributed by atoms with Crippen LogP contribution in [0, 0.1) is 5.82 Å². The molecule has 32 heavy (non-hydrogen) atoms. The second-order valence-corrected chi connectivity index (χ2v) is 9.45. The number of benzene rings is 1. The van der Waals surface area contributed by atoms with E-state index >= 15 is 0 Å². The summed E-state index contributed by atoms with van der Waals surface area (Å²) in [5.41, 5.74) is -1.08. The molecule has 3 rings (SSSR count). The first kappa shape index (κ1) is 24.6. The van der Waals surface area contributed by atoms with Crippen LogP contribution in [0.1, 0.15) is 12.8 Å². The van der Waals surface area contributed by atoms with Crippen molar-refractivity contribution in [3.63, 3.8) is 0 Å². The lowest BCUT2D eigenvalue weighted by Crippen LogP contribution is -2.61. The number of carbonyl (C=O) groups is 1. The van der Waals surface area contributed by atoms with Gasteiger partial charge in [-0.1, -0.05) is 0 Å². The minimum Gasteiger partial charge on any atom is -0.434 e. The van der Waals surface area contributed by atoms with E-state index in [2.05, 4.69) is 4.74 Å². The molecular weight excluding hydrogens is 464 g/mol. The summed E-state index contributed by atoms with van der Waals surface area (Å²) in [6.07, 6.45) is -10.2. The molecule has 2 aliphatic heterocycles. The third-order valence-electron chi connectivity index (χ3n) is 5.44. The van der Waals surface area contributed by atoms with Crippen LogP contribution in [0.2, 0.25) is 0 Å². The lowest BCUT2D eigenvalue weighted by atomic mass is 9.90. The fraction of sp³-hybridized carbons (Fsp3) is 0.611. The van der Waals surface area contributed by atoms with Gasteiger partial charge in [0.2, 0.25) is 16.1 Å². The van der Waals surface area contributed by atoms with Gasteiger partial charge >= 0.3 is 12.3 Å². The highest BCUT2D eigenvalue weighted by atomic mass is 32.2. The lowest BCUT2D eigenvalue weighted by molar-refractivity contribution is -0.216. The first-order valence-electron chi connectivity index (χ1n) is 9.60. The standard InChI is InChI=1S/C18H22F4N2O7S/c19-12-1-3-13(4-2-12)32(28,29)24-11-17(30-10-15(24)26)5-7-23(8-6-17)16(27)31-14(9-25)18(20,21)22/h1-4,14-15,25-26H,5-11H2. The van der Waals surface area contributed by atoms with Gasteiger partial charge in [0.05, 0.1) is 23.7 Å². The Morgan fingerprint density at radius 2 is 1.84 bits per heavy atom. The summed E-state index contributed by atoms with van der Waals surface area (Å²) in [7, 11) is -4.19. The fourth-order valence-electron chi connectivity index (χ4n) is 3.56. The Labute approximate surface area is 181 Å². The number of morpholine rings is 1. The van der Waals surface area contributed by atoms with Crippen molar-refractivity contribution in [2.75, 3.05) is 32.8 Å². The van der Waals surface area contributed by atoms with E-state index in [9.17, 15) is 35.9 Å². The van der Waals surface area contributed by atoms with Gasteiger partial charge in [-0.25, -0.2) is 17.6 Å². The molecule has 2 saturated heterocycles. The van der Waals surface area contributed by atoms with Crippen LogP contribution in [0.4, 0.5) is 22.4 Å². The topological polar surface area (TPSA) is 117 Å². The Morgan fingerprint density at radius 1 is 1.25 bits per heavy atom. The smallest absolute Gasteiger partial charge is 0.427 e. The van der Waals surface area contributed by atoms with Crippen LogP contribution < -0.4 is 0 Å². The van der Waals surface area contributed by atoms with Crippen molar-refractivity contribution in [1.82, 2.24) is 9.21 Å². The molecule has 1 aromatic carbocycles. The SMILES string of the molecule is O=C(OC(CO)C(F)(F)F)N1CCC2(CC1)CN(S(=O)(=O)c1ccc(F)cc1)C(O)CO2. The fourth-order valence-corrected chi connectivity index (χ4v) is 5.10.